The Kier molecular flexibility index (Phi) is 3.44. The molecule has 1 heterocycles. The van der Waals surface area contributed by atoms with Crippen LogP contribution >= 0.6 is 0 Å². The maximum atomic E-state index is 12.1. The van der Waals surface area contributed by atoms with E-state index in [-0.39, 0.29) is 23.9 Å². The molecule has 0 unspecified atom stereocenters. The molecule has 0 amide bonds. The third-order valence-electron chi connectivity index (χ3n) is 3.60. The molecular formula is C17H14O4. The van der Waals surface area contributed by atoms with Crippen molar-refractivity contribution in [2.24, 2.45) is 0 Å². The number of rotatable bonds is 2. The summed E-state index contributed by atoms with van der Waals surface area (Å²) in [6.07, 6.45) is 0.969. The molecule has 0 radical (unpaired) electrons. The van der Waals surface area contributed by atoms with Crippen LogP contribution in [0.1, 0.15) is 18.1 Å². The maximum Gasteiger partial charge on any atom is 0.344 e. The Bertz CT molecular complexity index is 740. The Labute approximate surface area is 122 Å². The lowest BCUT2D eigenvalue weighted by molar-refractivity contribution is -0.139. The molecule has 0 aliphatic carbocycles. The quantitative estimate of drug-likeness (QED) is 0.627. The van der Waals surface area contributed by atoms with Gasteiger partial charge < -0.3 is 9.47 Å². The van der Waals surface area contributed by atoms with Crippen LogP contribution in [0.4, 0.5) is 0 Å². The van der Waals surface area contributed by atoms with E-state index in [0.717, 1.165) is 16.3 Å². The molecule has 2 aromatic rings. The van der Waals surface area contributed by atoms with E-state index in [4.69, 9.17) is 4.74 Å². The van der Waals surface area contributed by atoms with E-state index >= 15 is 0 Å². The highest BCUT2D eigenvalue weighted by molar-refractivity contribution is 6.17. The van der Waals surface area contributed by atoms with E-state index in [2.05, 4.69) is 4.74 Å². The predicted molar refractivity (Wildman–Crippen MR) is 77.5 cm³/mol. The molecule has 4 heteroatoms. The van der Waals surface area contributed by atoms with E-state index in [1.165, 1.54) is 13.4 Å². The van der Waals surface area contributed by atoms with Gasteiger partial charge in [0.2, 0.25) is 0 Å². The zero-order valence-corrected chi connectivity index (χ0v) is 11.5. The summed E-state index contributed by atoms with van der Waals surface area (Å²) in [4.78, 5) is 23.5. The molecule has 0 bridgehead atoms. The van der Waals surface area contributed by atoms with E-state index in [1.807, 2.05) is 42.5 Å². The number of carbonyl (C=O) groups is 2. The van der Waals surface area contributed by atoms with Crippen molar-refractivity contribution < 1.29 is 19.1 Å². The number of fused-ring (bicyclic) bond motifs is 1. The molecule has 2 aromatic carbocycles. The lowest BCUT2D eigenvalue weighted by atomic mass is 9.94. The summed E-state index contributed by atoms with van der Waals surface area (Å²) in [5.74, 6) is -0.914. The number of ether oxygens (including phenoxy) is 2. The van der Waals surface area contributed by atoms with Crippen LogP contribution in [-0.4, -0.2) is 18.9 Å². The third-order valence-corrected chi connectivity index (χ3v) is 3.60. The van der Waals surface area contributed by atoms with Crippen LogP contribution in [0.3, 0.4) is 0 Å². The number of hydrogen-bond acceptors (Lipinski definition) is 4. The molecule has 3 rings (SSSR count). The zero-order valence-electron chi connectivity index (χ0n) is 11.5. The fourth-order valence-corrected chi connectivity index (χ4v) is 2.53. The normalized spacial score (nSPS) is 18.0. The molecule has 1 atom stereocenters. The minimum Gasteiger partial charge on any atom is -0.492 e. The molecule has 106 valence electrons. The summed E-state index contributed by atoms with van der Waals surface area (Å²) in [6.45, 7) is 0. The van der Waals surface area contributed by atoms with Crippen molar-refractivity contribution in [2.45, 2.75) is 12.5 Å². The van der Waals surface area contributed by atoms with Gasteiger partial charge >= 0.3 is 5.97 Å². The summed E-state index contributed by atoms with van der Waals surface area (Å²) in [5.41, 5.74) is 0.913. The van der Waals surface area contributed by atoms with Gasteiger partial charge in [-0.2, -0.15) is 0 Å². The van der Waals surface area contributed by atoms with E-state index in [9.17, 15) is 9.59 Å². The summed E-state index contributed by atoms with van der Waals surface area (Å²) < 4.78 is 10.2. The Morgan fingerprint density at radius 2 is 1.95 bits per heavy atom. The highest BCUT2D eigenvalue weighted by atomic mass is 16.5. The molecule has 1 aliphatic rings. The Morgan fingerprint density at radius 1 is 1.19 bits per heavy atom. The lowest BCUT2D eigenvalue weighted by Crippen LogP contribution is -2.22. The molecule has 21 heavy (non-hydrogen) atoms. The monoisotopic (exact) mass is 282 g/mol. The van der Waals surface area contributed by atoms with Crippen molar-refractivity contribution in [3.05, 3.63) is 59.9 Å². The van der Waals surface area contributed by atoms with Gasteiger partial charge in [-0.05, 0) is 10.8 Å². The number of methoxy groups -OCH3 is 1. The first-order chi connectivity index (χ1) is 10.2. The van der Waals surface area contributed by atoms with Gasteiger partial charge in [0.1, 0.15) is 17.9 Å². The summed E-state index contributed by atoms with van der Waals surface area (Å²) in [7, 11) is 1.24. The fourth-order valence-electron chi connectivity index (χ4n) is 2.53. The molecule has 4 nitrogen and oxygen atoms in total. The van der Waals surface area contributed by atoms with Crippen LogP contribution in [-0.2, 0) is 19.1 Å². The molecule has 0 fully saturated rings. The van der Waals surface area contributed by atoms with Gasteiger partial charge in [0.05, 0.1) is 13.5 Å². The first-order valence-corrected chi connectivity index (χ1v) is 6.65. The minimum absolute atomic E-state index is 0.0333. The van der Waals surface area contributed by atoms with Crippen LogP contribution in [0.25, 0.3) is 10.8 Å². The van der Waals surface area contributed by atoms with Crippen molar-refractivity contribution in [2.75, 3.05) is 7.11 Å². The van der Waals surface area contributed by atoms with Gasteiger partial charge in [-0.25, -0.2) is 4.79 Å². The third kappa shape index (κ3) is 2.40. The average Bonchev–Trinajstić information content (AvgIpc) is 2.53. The summed E-state index contributed by atoms with van der Waals surface area (Å²) in [5, 5.41) is 2.14. The number of ketones is 1. The van der Waals surface area contributed by atoms with Gasteiger partial charge in [0, 0.05) is 5.56 Å². The Morgan fingerprint density at radius 3 is 2.71 bits per heavy atom. The average molecular weight is 282 g/mol. The minimum atomic E-state index is -0.656. The zero-order chi connectivity index (χ0) is 14.8. The van der Waals surface area contributed by atoms with Crippen molar-refractivity contribution in [1.82, 2.24) is 0 Å². The van der Waals surface area contributed by atoms with Crippen molar-refractivity contribution in [3.63, 3.8) is 0 Å². The molecule has 0 spiro atoms. The Hall–Kier alpha value is -2.62. The number of Topliss-reactive ketones (excluding diaryl/α,β-unsaturated/α-hetero) is 1. The number of hydrogen-bond donors (Lipinski definition) is 0. The second-order valence-corrected chi connectivity index (χ2v) is 4.84. The molecule has 0 aromatic heterocycles. The van der Waals surface area contributed by atoms with Gasteiger partial charge in [-0.3, -0.25) is 4.79 Å². The molecule has 1 aliphatic heterocycles. The molecule has 0 saturated heterocycles. The smallest absolute Gasteiger partial charge is 0.344 e. The first kappa shape index (κ1) is 13.4. The van der Waals surface area contributed by atoms with Crippen molar-refractivity contribution in [1.29, 1.82) is 0 Å². The number of benzene rings is 2. The second kappa shape index (κ2) is 5.40. The summed E-state index contributed by atoms with van der Waals surface area (Å²) in [6, 6.07) is 13.8. The number of carbonyl (C=O) groups excluding carboxylic acids is 2. The molecule has 0 saturated carbocycles. The Balaban J connectivity index is 1.97. The second-order valence-electron chi connectivity index (χ2n) is 4.84. The van der Waals surface area contributed by atoms with E-state index in [1.54, 1.807) is 0 Å². The standard InChI is InChI=1S/C17H14O4/c1-20-17(19)14-10-21-16(9-15(14)18)13-8-4-6-11-5-2-3-7-12(11)13/h2-8,10,16H,9H2,1H3/t16-/m1/s1. The van der Waals surface area contributed by atoms with Gasteiger partial charge in [-0.15, -0.1) is 0 Å². The predicted octanol–water partition coefficient (Wildman–Crippen LogP) is 2.93. The van der Waals surface area contributed by atoms with Crippen LogP contribution in [0.5, 0.6) is 0 Å². The highest BCUT2D eigenvalue weighted by Gasteiger charge is 2.29. The fraction of sp³-hybridized carbons (Fsp3) is 0.176. The largest absolute Gasteiger partial charge is 0.492 e. The van der Waals surface area contributed by atoms with Gasteiger partial charge in [0.25, 0.3) is 0 Å². The van der Waals surface area contributed by atoms with Crippen LogP contribution in [0.2, 0.25) is 0 Å². The van der Waals surface area contributed by atoms with Crippen molar-refractivity contribution in [3.8, 4) is 0 Å². The SMILES string of the molecule is COC(=O)C1=CO[C@@H](c2cccc3ccccc23)CC1=O. The van der Waals surface area contributed by atoms with Crippen molar-refractivity contribution >= 4 is 22.5 Å². The van der Waals surface area contributed by atoms with Crippen LogP contribution in [0, 0.1) is 0 Å². The molecular weight excluding hydrogens is 268 g/mol. The summed E-state index contributed by atoms with van der Waals surface area (Å²) >= 11 is 0. The first-order valence-electron chi connectivity index (χ1n) is 6.65. The van der Waals surface area contributed by atoms with E-state index in [0.29, 0.717) is 0 Å². The molecule has 0 N–H and O–H groups in total. The van der Waals surface area contributed by atoms with Gasteiger partial charge in [-0.1, -0.05) is 42.5 Å². The van der Waals surface area contributed by atoms with Crippen LogP contribution < -0.4 is 0 Å². The van der Waals surface area contributed by atoms with Crippen LogP contribution in [0.15, 0.2) is 54.3 Å². The lowest BCUT2D eigenvalue weighted by Gasteiger charge is -2.22. The highest BCUT2D eigenvalue weighted by Crippen LogP contribution is 2.32. The topological polar surface area (TPSA) is 52.6 Å². The maximum absolute atomic E-state index is 12.1. The number of esters is 1. The van der Waals surface area contributed by atoms with E-state index < -0.39 is 5.97 Å². The van der Waals surface area contributed by atoms with Gasteiger partial charge in [0.15, 0.2) is 5.78 Å².